The summed E-state index contributed by atoms with van der Waals surface area (Å²) in [5.74, 6) is 0.946. The molecule has 0 aliphatic heterocycles. The summed E-state index contributed by atoms with van der Waals surface area (Å²) in [5, 5.41) is 2.44. The largest absolute Gasteiger partial charge is 0.497 e. The Morgan fingerprint density at radius 1 is 0.688 bits per heavy atom. The number of benzene rings is 2. The summed E-state index contributed by atoms with van der Waals surface area (Å²) in [6.45, 7) is 0. The monoisotopic (exact) mass is 440 g/mol. The molecule has 12 nitrogen and oxygen atoms in total. The van der Waals surface area contributed by atoms with Gasteiger partial charge in [0.2, 0.25) is 0 Å². The molecule has 32 heavy (non-hydrogen) atoms. The topological polar surface area (TPSA) is 127 Å². The van der Waals surface area contributed by atoms with Crippen LogP contribution in [0.2, 0.25) is 0 Å². The highest BCUT2D eigenvalue weighted by molar-refractivity contribution is 5.55. The van der Waals surface area contributed by atoms with Crippen molar-refractivity contribution < 1.29 is 9.47 Å². The summed E-state index contributed by atoms with van der Waals surface area (Å²) in [7, 11) is 5.63. The van der Waals surface area contributed by atoms with E-state index in [9.17, 15) is 19.2 Å². The van der Waals surface area contributed by atoms with Crippen molar-refractivity contribution in [3.63, 3.8) is 0 Å². The van der Waals surface area contributed by atoms with E-state index in [4.69, 9.17) is 9.47 Å². The number of nitrogens with zero attached hydrogens (tertiary/aromatic N) is 5. The molecular weight excluding hydrogens is 420 g/mol. The molecule has 2 aromatic heterocycles. The van der Waals surface area contributed by atoms with Gasteiger partial charge in [-0.25, -0.2) is 33.4 Å². The van der Waals surface area contributed by atoms with Crippen molar-refractivity contribution >= 4 is 0 Å². The van der Waals surface area contributed by atoms with Crippen LogP contribution in [-0.4, -0.2) is 42.5 Å². The van der Waals surface area contributed by atoms with Crippen LogP contribution in [0.15, 0.2) is 61.6 Å². The molecule has 0 amide bonds. The van der Waals surface area contributed by atoms with Crippen LogP contribution in [0.3, 0.4) is 0 Å². The second kappa shape index (κ2) is 7.65. The standard InChI is InChI=1S/C20H20N6O6/c1-22-17(27)21-24(18(22)28)15-10-9-14(32-4)11-16(15)26-20(30)23(2)19(29)25(26)12-5-7-13(31-3)8-6-12/h5-11H,1-4H3,(H,21,27). The van der Waals surface area contributed by atoms with E-state index in [2.05, 4.69) is 5.10 Å². The zero-order valence-electron chi connectivity index (χ0n) is 17.7. The number of nitrogens with one attached hydrogen (secondary N) is 1. The van der Waals surface area contributed by atoms with Gasteiger partial charge in [-0.2, -0.15) is 14.0 Å². The molecule has 166 valence electrons. The minimum atomic E-state index is -0.661. The Balaban J connectivity index is 2.10. The van der Waals surface area contributed by atoms with Crippen LogP contribution in [0, 0.1) is 0 Å². The molecule has 1 N–H and O–H groups in total. The van der Waals surface area contributed by atoms with E-state index in [1.54, 1.807) is 30.3 Å². The van der Waals surface area contributed by atoms with Crippen LogP contribution in [0.25, 0.3) is 17.1 Å². The van der Waals surface area contributed by atoms with Crippen LogP contribution >= 0.6 is 0 Å². The smallest absolute Gasteiger partial charge is 0.352 e. The molecule has 0 saturated carbocycles. The van der Waals surface area contributed by atoms with Crippen LogP contribution in [0.4, 0.5) is 0 Å². The maximum atomic E-state index is 13.1. The molecular formula is C20H20N6O6. The third-order valence-corrected chi connectivity index (χ3v) is 5.10. The van der Waals surface area contributed by atoms with Crippen LogP contribution in [-0.2, 0) is 14.1 Å². The second-order valence-corrected chi connectivity index (χ2v) is 6.89. The SMILES string of the molecule is COc1ccc(-n2c(=O)n(C)c(=O)n2-c2cc(OC)ccc2-n2[nH]c(=O)n(C)c2=O)cc1. The van der Waals surface area contributed by atoms with Gasteiger partial charge in [0.15, 0.2) is 0 Å². The number of hydrogen-bond donors (Lipinski definition) is 1. The van der Waals surface area contributed by atoms with Gasteiger partial charge >= 0.3 is 22.8 Å². The summed E-state index contributed by atoms with van der Waals surface area (Å²) in [5.41, 5.74) is -1.85. The first kappa shape index (κ1) is 20.8. The van der Waals surface area contributed by atoms with Crippen molar-refractivity contribution in [1.82, 2.24) is 28.3 Å². The van der Waals surface area contributed by atoms with E-state index < -0.39 is 22.8 Å². The third kappa shape index (κ3) is 3.09. The summed E-state index contributed by atoms with van der Waals surface area (Å²) in [6.07, 6.45) is 0. The molecule has 0 aliphatic carbocycles. The maximum Gasteiger partial charge on any atom is 0.352 e. The molecule has 0 radical (unpaired) electrons. The van der Waals surface area contributed by atoms with E-state index in [0.29, 0.717) is 17.2 Å². The third-order valence-electron chi connectivity index (χ3n) is 5.10. The van der Waals surface area contributed by atoms with Crippen molar-refractivity contribution in [2.24, 2.45) is 14.1 Å². The lowest BCUT2D eigenvalue weighted by Gasteiger charge is -2.15. The Bertz CT molecular complexity index is 1540. The first-order valence-corrected chi connectivity index (χ1v) is 9.40. The van der Waals surface area contributed by atoms with Gasteiger partial charge in [-0.1, -0.05) is 0 Å². The summed E-state index contributed by atoms with van der Waals surface area (Å²) in [6, 6.07) is 11.1. The summed E-state index contributed by atoms with van der Waals surface area (Å²) >= 11 is 0. The highest BCUT2D eigenvalue weighted by Crippen LogP contribution is 2.23. The number of ether oxygens (including phenoxy) is 2. The molecule has 0 unspecified atom stereocenters. The molecule has 4 aromatic rings. The molecule has 0 spiro atoms. The molecule has 12 heteroatoms. The lowest BCUT2D eigenvalue weighted by Crippen LogP contribution is -2.28. The minimum absolute atomic E-state index is 0.145. The molecule has 2 aromatic carbocycles. The van der Waals surface area contributed by atoms with Crippen molar-refractivity contribution in [1.29, 1.82) is 0 Å². The Morgan fingerprint density at radius 2 is 1.28 bits per heavy atom. The normalized spacial score (nSPS) is 11.0. The second-order valence-electron chi connectivity index (χ2n) is 6.89. The first-order valence-electron chi connectivity index (χ1n) is 9.40. The fraction of sp³-hybridized carbons (Fsp3) is 0.200. The fourth-order valence-corrected chi connectivity index (χ4v) is 3.30. The molecule has 0 atom stereocenters. The van der Waals surface area contributed by atoms with Crippen molar-refractivity contribution in [3.05, 3.63) is 84.4 Å². The van der Waals surface area contributed by atoms with Gasteiger partial charge in [-0.15, -0.1) is 0 Å². The summed E-state index contributed by atoms with van der Waals surface area (Å²) in [4.78, 5) is 50.7. The Labute approximate surface area is 179 Å². The Kier molecular flexibility index (Phi) is 4.97. The zero-order valence-corrected chi connectivity index (χ0v) is 17.7. The number of aromatic nitrogens is 6. The number of rotatable bonds is 5. The molecule has 4 rings (SSSR count). The van der Waals surface area contributed by atoms with Gasteiger partial charge in [0, 0.05) is 20.2 Å². The van der Waals surface area contributed by atoms with Gasteiger partial charge in [-0.05, 0) is 36.4 Å². The average Bonchev–Trinajstić information content (AvgIpc) is 3.20. The molecule has 0 aliphatic rings. The Morgan fingerprint density at radius 3 is 1.84 bits per heavy atom. The minimum Gasteiger partial charge on any atom is -0.497 e. The number of aromatic amines is 1. The molecule has 0 saturated heterocycles. The molecule has 0 bridgehead atoms. The van der Waals surface area contributed by atoms with Crippen molar-refractivity contribution in [3.8, 4) is 28.6 Å². The van der Waals surface area contributed by atoms with E-state index in [0.717, 1.165) is 23.2 Å². The predicted octanol–water partition coefficient (Wildman–Crippen LogP) is -0.478. The van der Waals surface area contributed by atoms with E-state index in [-0.39, 0.29) is 11.4 Å². The molecule has 2 heterocycles. The number of methoxy groups -OCH3 is 2. The van der Waals surface area contributed by atoms with Crippen molar-refractivity contribution in [2.45, 2.75) is 0 Å². The molecule has 0 fully saturated rings. The predicted molar refractivity (Wildman–Crippen MR) is 115 cm³/mol. The van der Waals surface area contributed by atoms with E-state index in [1.807, 2.05) is 0 Å². The van der Waals surface area contributed by atoms with Crippen LogP contribution in [0.5, 0.6) is 11.5 Å². The van der Waals surface area contributed by atoms with Crippen LogP contribution < -0.4 is 32.2 Å². The Hall–Kier alpha value is -4.48. The highest BCUT2D eigenvalue weighted by atomic mass is 16.5. The van der Waals surface area contributed by atoms with Crippen molar-refractivity contribution in [2.75, 3.05) is 14.2 Å². The fourth-order valence-electron chi connectivity index (χ4n) is 3.30. The summed E-state index contributed by atoms with van der Waals surface area (Å²) < 4.78 is 15.5. The number of H-pyrrole nitrogens is 1. The van der Waals surface area contributed by atoms with E-state index in [1.165, 1.54) is 40.4 Å². The zero-order chi connectivity index (χ0) is 23.2. The van der Waals surface area contributed by atoms with Gasteiger partial charge in [0.05, 0.1) is 31.3 Å². The van der Waals surface area contributed by atoms with Gasteiger partial charge in [-0.3, -0.25) is 0 Å². The lowest BCUT2D eigenvalue weighted by atomic mass is 10.2. The highest BCUT2D eigenvalue weighted by Gasteiger charge is 2.22. The van der Waals surface area contributed by atoms with Gasteiger partial charge in [0.25, 0.3) is 0 Å². The first-order chi connectivity index (χ1) is 15.3. The van der Waals surface area contributed by atoms with Gasteiger partial charge in [0.1, 0.15) is 11.5 Å². The maximum absolute atomic E-state index is 13.1. The van der Waals surface area contributed by atoms with Crippen LogP contribution in [0.1, 0.15) is 0 Å². The lowest BCUT2D eigenvalue weighted by molar-refractivity contribution is 0.414. The van der Waals surface area contributed by atoms with Gasteiger partial charge < -0.3 is 9.47 Å². The number of hydrogen-bond acceptors (Lipinski definition) is 6. The van der Waals surface area contributed by atoms with E-state index >= 15 is 0 Å². The quantitative estimate of drug-likeness (QED) is 0.447. The average molecular weight is 440 g/mol.